The summed E-state index contributed by atoms with van der Waals surface area (Å²) < 4.78 is 5.05. The van der Waals surface area contributed by atoms with Crippen molar-refractivity contribution in [3.05, 3.63) is 12.2 Å². The topological polar surface area (TPSA) is 66.8 Å². The Hall–Kier alpha value is -1.36. The molecule has 1 rings (SSSR count). The van der Waals surface area contributed by atoms with Crippen LogP contribution in [0, 0.1) is 0 Å². The van der Waals surface area contributed by atoms with E-state index in [1.807, 2.05) is 0 Å². The number of carbonyl (C=O) groups excluding carboxylic acids is 1. The largest absolute Gasteiger partial charge is 0.478 e. The van der Waals surface area contributed by atoms with Gasteiger partial charge in [0.15, 0.2) is 0 Å². The zero-order valence-electron chi connectivity index (χ0n) is 9.39. The van der Waals surface area contributed by atoms with Crippen LogP contribution in [0.4, 0.5) is 0 Å². The molecule has 0 radical (unpaired) electrons. The van der Waals surface area contributed by atoms with E-state index in [4.69, 9.17) is 9.84 Å². The molecular weight excluding hydrogens is 210 g/mol. The third kappa shape index (κ3) is 3.66. The molecule has 1 aliphatic rings. The Morgan fingerprint density at radius 3 is 2.81 bits per heavy atom. The van der Waals surface area contributed by atoms with Crippen LogP contribution in [0.3, 0.4) is 0 Å². The number of carboxylic acids is 1. The van der Waals surface area contributed by atoms with Crippen molar-refractivity contribution < 1.29 is 19.4 Å². The van der Waals surface area contributed by atoms with E-state index >= 15 is 0 Å². The second-order valence-electron chi connectivity index (χ2n) is 3.81. The van der Waals surface area contributed by atoms with E-state index in [0.717, 1.165) is 31.4 Å². The lowest BCUT2D eigenvalue weighted by atomic mass is 10.0. The minimum absolute atomic E-state index is 0.0738. The second kappa shape index (κ2) is 6.27. The molecule has 0 aromatic rings. The highest BCUT2D eigenvalue weighted by atomic mass is 16.5. The Bertz CT molecular complexity index is 286. The van der Waals surface area contributed by atoms with Crippen molar-refractivity contribution in [3.63, 3.8) is 0 Å². The highest BCUT2D eigenvalue weighted by molar-refractivity contribution is 5.94. The Balaban J connectivity index is 2.60. The van der Waals surface area contributed by atoms with Crippen molar-refractivity contribution in [3.8, 4) is 0 Å². The van der Waals surface area contributed by atoms with Crippen molar-refractivity contribution in [2.45, 2.75) is 25.3 Å². The first-order valence-electron chi connectivity index (χ1n) is 5.35. The molecule has 1 saturated heterocycles. The van der Waals surface area contributed by atoms with E-state index in [-0.39, 0.29) is 11.9 Å². The fraction of sp³-hybridized carbons (Fsp3) is 0.636. The van der Waals surface area contributed by atoms with Crippen molar-refractivity contribution >= 4 is 11.9 Å². The molecule has 16 heavy (non-hydrogen) atoms. The molecular formula is C11H17NO4. The zero-order valence-corrected chi connectivity index (χ0v) is 9.39. The van der Waals surface area contributed by atoms with E-state index in [9.17, 15) is 9.59 Å². The van der Waals surface area contributed by atoms with Crippen LogP contribution >= 0.6 is 0 Å². The second-order valence-corrected chi connectivity index (χ2v) is 3.81. The summed E-state index contributed by atoms with van der Waals surface area (Å²) in [6.45, 7) is 1.18. The van der Waals surface area contributed by atoms with E-state index in [0.29, 0.717) is 13.2 Å². The Labute approximate surface area is 94.7 Å². The summed E-state index contributed by atoms with van der Waals surface area (Å²) in [6.07, 6.45) is 4.95. The normalized spacial score (nSPS) is 21.3. The van der Waals surface area contributed by atoms with Gasteiger partial charge in [-0.2, -0.15) is 0 Å². The van der Waals surface area contributed by atoms with Crippen molar-refractivity contribution in [1.29, 1.82) is 0 Å². The highest BCUT2D eigenvalue weighted by Gasteiger charge is 2.25. The van der Waals surface area contributed by atoms with Crippen LogP contribution in [0.1, 0.15) is 19.3 Å². The van der Waals surface area contributed by atoms with E-state index < -0.39 is 5.97 Å². The monoisotopic (exact) mass is 227 g/mol. The predicted octanol–water partition coefficient (Wildman–Crippen LogP) is 0.655. The molecule has 0 saturated carbocycles. The van der Waals surface area contributed by atoms with Crippen LogP contribution in [-0.2, 0) is 14.3 Å². The Morgan fingerprint density at radius 2 is 2.19 bits per heavy atom. The maximum atomic E-state index is 11.7. The molecule has 5 heteroatoms. The van der Waals surface area contributed by atoms with Gasteiger partial charge in [0.05, 0.1) is 12.6 Å². The average Bonchev–Trinajstić information content (AvgIpc) is 2.27. The van der Waals surface area contributed by atoms with Gasteiger partial charge in [-0.15, -0.1) is 0 Å². The van der Waals surface area contributed by atoms with Gasteiger partial charge < -0.3 is 14.7 Å². The molecule has 1 atom stereocenters. The standard InChI is InChI=1S/C11H17NO4/c1-16-8-9-4-2-3-7-12(9)10(13)5-6-11(14)15/h5-6,9H,2-4,7-8H2,1H3,(H,14,15). The van der Waals surface area contributed by atoms with Crippen LogP contribution < -0.4 is 0 Å². The van der Waals surface area contributed by atoms with Crippen LogP contribution in [0.5, 0.6) is 0 Å². The maximum absolute atomic E-state index is 11.7. The predicted molar refractivity (Wildman–Crippen MR) is 58.0 cm³/mol. The lowest BCUT2D eigenvalue weighted by Crippen LogP contribution is -2.45. The number of methoxy groups -OCH3 is 1. The Morgan fingerprint density at radius 1 is 1.44 bits per heavy atom. The van der Waals surface area contributed by atoms with Crippen molar-refractivity contribution in [1.82, 2.24) is 4.90 Å². The highest BCUT2D eigenvalue weighted by Crippen LogP contribution is 2.17. The number of hydrogen-bond acceptors (Lipinski definition) is 3. The average molecular weight is 227 g/mol. The number of carboxylic acid groups (broad SMARTS) is 1. The van der Waals surface area contributed by atoms with Crippen LogP contribution in [-0.4, -0.2) is 48.2 Å². The minimum atomic E-state index is -1.10. The molecule has 0 bridgehead atoms. The molecule has 0 aromatic heterocycles. The van der Waals surface area contributed by atoms with Gasteiger partial charge in [-0.1, -0.05) is 0 Å². The molecule has 0 aromatic carbocycles. The number of nitrogens with zero attached hydrogens (tertiary/aromatic N) is 1. The van der Waals surface area contributed by atoms with Gasteiger partial charge in [0.25, 0.3) is 0 Å². The maximum Gasteiger partial charge on any atom is 0.328 e. The van der Waals surface area contributed by atoms with Gasteiger partial charge in [0.2, 0.25) is 5.91 Å². The summed E-state index contributed by atoms with van der Waals surface area (Å²) in [5.41, 5.74) is 0. The number of carbonyl (C=O) groups is 2. The first-order chi connectivity index (χ1) is 7.65. The van der Waals surface area contributed by atoms with Gasteiger partial charge in [0.1, 0.15) is 0 Å². The number of ether oxygens (including phenoxy) is 1. The van der Waals surface area contributed by atoms with Gasteiger partial charge in [-0.05, 0) is 19.3 Å². The molecule has 1 aliphatic heterocycles. The van der Waals surface area contributed by atoms with E-state index in [1.165, 1.54) is 0 Å². The molecule has 90 valence electrons. The minimum Gasteiger partial charge on any atom is -0.478 e. The molecule has 1 amide bonds. The van der Waals surface area contributed by atoms with E-state index in [1.54, 1.807) is 12.0 Å². The summed E-state index contributed by atoms with van der Waals surface area (Å²) in [6, 6.07) is 0.0738. The summed E-state index contributed by atoms with van der Waals surface area (Å²) in [5, 5.41) is 8.45. The molecule has 1 N–H and O–H groups in total. The van der Waals surface area contributed by atoms with Gasteiger partial charge in [-0.3, -0.25) is 4.79 Å². The molecule has 5 nitrogen and oxygen atoms in total. The van der Waals surface area contributed by atoms with Crippen LogP contribution in [0.25, 0.3) is 0 Å². The Kier molecular flexibility index (Phi) is 4.98. The molecule has 1 unspecified atom stereocenters. The number of hydrogen-bond donors (Lipinski definition) is 1. The summed E-state index contributed by atoms with van der Waals surface area (Å²) >= 11 is 0. The lowest BCUT2D eigenvalue weighted by molar-refractivity contribution is -0.133. The third-order valence-corrected chi connectivity index (χ3v) is 2.64. The first kappa shape index (κ1) is 12.7. The zero-order chi connectivity index (χ0) is 12.0. The first-order valence-corrected chi connectivity index (χ1v) is 5.35. The fourth-order valence-electron chi connectivity index (χ4n) is 1.89. The SMILES string of the molecule is COCC1CCCCN1C(=O)C=CC(=O)O. The smallest absolute Gasteiger partial charge is 0.328 e. The van der Waals surface area contributed by atoms with Gasteiger partial charge >= 0.3 is 5.97 Å². The van der Waals surface area contributed by atoms with Gasteiger partial charge in [0, 0.05) is 25.8 Å². The lowest BCUT2D eigenvalue weighted by Gasteiger charge is -2.34. The number of aliphatic carboxylic acids is 1. The molecule has 1 fully saturated rings. The summed E-state index contributed by atoms with van der Waals surface area (Å²) in [5.74, 6) is -1.35. The molecule has 0 aliphatic carbocycles. The molecule has 1 heterocycles. The van der Waals surface area contributed by atoms with Crippen molar-refractivity contribution in [2.75, 3.05) is 20.3 Å². The van der Waals surface area contributed by atoms with Crippen LogP contribution in [0.15, 0.2) is 12.2 Å². The third-order valence-electron chi connectivity index (χ3n) is 2.64. The summed E-state index contributed by atoms with van der Waals surface area (Å²) in [4.78, 5) is 23.7. The number of rotatable bonds is 4. The summed E-state index contributed by atoms with van der Waals surface area (Å²) in [7, 11) is 1.60. The van der Waals surface area contributed by atoms with Gasteiger partial charge in [-0.25, -0.2) is 4.79 Å². The quantitative estimate of drug-likeness (QED) is 0.716. The number of amides is 1. The van der Waals surface area contributed by atoms with Crippen molar-refractivity contribution in [2.24, 2.45) is 0 Å². The number of likely N-dealkylation sites (tertiary alicyclic amines) is 1. The fourth-order valence-corrected chi connectivity index (χ4v) is 1.89. The molecule has 0 spiro atoms. The number of piperidine rings is 1. The van der Waals surface area contributed by atoms with E-state index in [2.05, 4.69) is 0 Å². The van der Waals surface area contributed by atoms with Crippen LogP contribution in [0.2, 0.25) is 0 Å².